The van der Waals surface area contributed by atoms with Crippen molar-refractivity contribution in [2.45, 2.75) is 115 Å². The van der Waals surface area contributed by atoms with Gasteiger partial charge < -0.3 is 10.2 Å². The van der Waals surface area contributed by atoms with E-state index in [2.05, 4.69) is 6.92 Å². The maximum atomic E-state index is 12.6. The van der Waals surface area contributed by atoms with Crippen LogP contribution in [0, 0.1) is 0 Å². The number of hydrogen-bond donors (Lipinski definition) is 2. The molecule has 0 aliphatic carbocycles. The van der Waals surface area contributed by atoms with Crippen molar-refractivity contribution in [1.82, 2.24) is 0 Å². The molecule has 2 N–H and O–H groups in total. The van der Waals surface area contributed by atoms with Crippen LogP contribution < -0.4 is 0 Å². The van der Waals surface area contributed by atoms with Crippen molar-refractivity contribution < 1.29 is 28.2 Å². The first-order chi connectivity index (χ1) is 12.8. The summed E-state index contributed by atoms with van der Waals surface area (Å²) in [6, 6.07) is 0. The fraction of sp³-hybridized carbons (Fsp3) is 0.857. The third-order valence-corrected chi connectivity index (χ3v) is 4.88. The van der Waals surface area contributed by atoms with E-state index in [0.29, 0.717) is 6.42 Å². The highest BCUT2D eigenvalue weighted by Crippen LogP contribution is 2.33. The Morgan fingerprint density at radius 1 is 0.778 bits per heavy atom. The average Bonchev–Trinajstić information content (AvgIpc) is 2.60. The fourth-order valence-corrected chi connectivity index (χ4v) is 2.98. The Bertz CT molecular complexity index is 408. The van der Waals surface area contributed by atoms with E-state index in [-0.39, 0.29) is 0 Å². The summed E-state index contributed by atoms with van der Waals surface area (Å²) >= 11 is 0. The number of rotatable bonds is 17. The van der Waals surface area contributed by atoms with Gasteiger partial charge in [0.25, 0.3) is 5.60 Å². The minimum atomic E-state index is -5.18. The highest BCUT2D eigenvalue weighted by Gasteiger charge is 2.59. The predicted molar refractivity (Wildman–Crippen MR) is 103 cm³/mol. The molecule has 0 aromatic rings. The van der Waals surface area contributed by atoms with Gasteiger partial charge in [-0.05, 0) is 12.8 Å². The van der Waals surface area contributed by atoms with Crippen LogP contribution in [0.25, 0.3) is 0 Å². The Hall–Kier alpha value is -1.04. The van der Waals surface area contributed by atoms with Crippen LogP contribution in [0.15, 0.2) is 12.2 Å². The van der Waals surface area contributed by atoms with E-state index in [1.165, 1.54) is 70.3 Å². The van der Waals surface area contributed by atoms with E-state index in [4.69, 9.17) is 5.11 Å². The number of carbonyl (C=O) groups is 1. The minimum Gasteiger partial charge on any atom is -0.479 e. The van der Waals surface area contributed by atoms with E-state index in [0.717, 1.165) is 25.3 Å². The molecule has 0 aromatic heterocycles. The second-order valence-corrected chi connectivity index (χ2v) is 7.37. The van der Waals surface area contributed by atoms with Crippen LogP contribution in [0.5, 0.6) is 0 Å². The van der Waals surface area contributed by atoms with Gasteiger partial charge in [-0.25, -0.2) is 4.79 Å². The molecule has 0 radical (unpaired) electrons. The van der Waals surface area contributed by atoms with Crippen LogP contribution in [0.1, 0.15) is 103 Å². The molecule has 0 rings (SSSR count). The van der Waals surface area contributed by atoms with Gasteiger partial charge in [0, 0.05) is 6.42 Å². The first-order valence-corrected chi connectivity index (χ1v) is 10.4. The lowest BCUT2D eigenvalue weighted by Gasteiger charge is -2.24. The van der Waals surface area contributed by atoms with Crippen LogP contribution in [0.2, 0.25) is 0 Å². The molecule has 160 valence electrons. The number of unbranched alkanes of at least 4 members (excludes halogenated alkanes) is 13. The van der Waals surface area contributed by atoms with Crippen molar-refractivity contribution in [3.8, 4) is 0 Å². The molecule has 0 fully saturated rings. The monoisotopic (exact) mass is 394 g/mol. The van der Waals surface area contributed by atoms with Gasteiger partial charge >= 0.3 is 12.1 Å². The summed E-state index contributed by atoms with van der Waals surface area (Å²) < 4.78 is 37.8. The summed E-state index contributed by atoms with van der Waals surface area (Å²) in [5.74, 6) is -2.26. The zero-order chi connectivity index (χ0) is 20.6. The summed E-state index contributed by atoms with van der Waals surface area (Å²) in [4.78, 5) is 10.7. The molecule has 1 atom stereocenters. The third-order valence-electron chi connectivity index (χ3n) is 4.88. The number of carboxylic acids is 1. The largest absolute Gasteiger partial charge is 0.479 e. The first kappa shape index (κ1) is 26.0. The molecule has 0 aromatic carbocycles. The Morgan fingerprint density at radius 2 is 1.19 bits per heavy atom. The maximum absolute atomic E-state index is 12.6. The maximum Gasteiger partial charge on any atom is 0.428 e. The van der Waals surface area contributed by atoms with Crippen molar-refractivity contribution in [2.24, 2.45) is 0 Å². The molecule has 0 heterocycles. The molecule has 0 aliphatic rings. The van der Waals surface area contributed by atoms with Crippen molar-refractivity contribution in [1.29, 1.82) is 0 Å². The molecule has 0 bridgehead atoms. The van der Waals surface area contributed by atoms with Gasteiger partial charge in [-0.2, -0.15) is 13.2 Å². The standard InChI is InChI=1S/C21H37F3O3/c1-2-3-4-5-6-7-8-9-10-11-12-13-14-15-16-17-18-20(27,19(25)26)21(22,23)24/h16-17,27H,2-15,18H2,1H3,(H,25,26)/b17-16+. The van der Waals surface area contributed by atoms with E-state index >= 15 is 0 Å². The summed E-state index contributed by atoms with van der Waals surface area (Å²) in [6.45, 7) is 2.23. The van der Waals surface area contributed by atoms with Gasteiger partial charge in [-0.15, -0.1) is 0 Å². The van der Waals surface area contributed by atoms with Crippen molar-refractivity contribution in [3.63, 3.8) is 0 Å². The molecule has 27 heavy (non-hydrogen) atoms. The number of hydrogen-bond acceptors (Lipinski definition) is 2. The lowest BCUT2D eigenvalue weighted by molar-refractivity contribution is -0.258. The number of halogens is 3. The smallest absolute Gasteiger partial charge is 0.428 e. The molecule has 0 aliphatic heterocycles. The Balaban J connectivity index is 3.56. The van der Waals surface area contributed by atoms with Gasteiger partial charge in [0.05, 0.1) is 0 Å². The summed E-state index contributed by atoms with van der Waals surface area (Å²) in [5.41, 5.74) is -3.69. The van der Waals surface area contributed by atoms with E-state index < -0.39 is 24.2 Å². The van der Waals surface area contributed by atoms with Crippen LogP contribution >= 0.6 is 0 Å². The van der Waals surface area contributed by atoms with Gasteiger partial charge in [0.1, 0.15) is 0 Å². The zero-order valence-corrected chi connectivity index (χ0v) is 16.7. The topological polar surface area (TPSA) is 57.5 Å². The number of carboxylic acid groups (broad SMARTS) is 1. The van der Waals surface area contributed by atoms with Gasteiger partial charge in [0.2, 0.25) is 0 Å². The number of aliphatic carboxylic acids is 1. The molecule has 1 unspecified atom stereocenters. The van der Waals surface area contributed by atoms with Gasteiger partial charge in [-0.1, -0.05) is 96.1 Å². The highest BCUT2D eigenvalue weighted by molar-refractivity contribution is 5.78. The van der Waals surface area contributed by atoms with Crippen LogP contribution in [0.3, 0.4) is 0 Å². The van der Waals surface area contributed by atoms with E-state index in [1.807, 2.05) is 0 Å². The normalized spacial score (nSPS) is 14.6. The lowest BCUT2D eigenvalue weighted by atomic mass is 9.98. The quantitative estimate of drug-likeness (QED) is 0.211. The number of allylic oxidation sites excluding steroid dienone is 1. The minimum absolute atomic E-state index is 0.602. The molecule has 0 saturated carbocycles. The molecule has 0 saturated heterocycles. The Kier molecular flexibility index (Phi) is 14.4. The summed E-state index contributed by atoms with van der Waals surface area (Å²) in [5, 5.41) is 17.9. The van der Waals surface area contributed by atoms with Crippen LogP contribution in [-0.2, 0) is 4.79 Å². The van der Waals surface area contributed by atoms with Crippen molar-refractivity contribution in [3.05, 3.63) is 12.2 Å². The van der Waals surface area contributed by atoms with Gasteiger partial charge in [-0.3, -0.25) is 0 Å². The predicted octanol–water partition coefficient (Wildman–Crippen LogP) is 6.79. The summed E-state index contributed by atoms with van der Waals surface area (Å²) in [7, 11) is 0. The first-order valence-electron chi connectivity index (χ1n) is 10.4. The fourth-order valence-electron chi connectivity index (χ4n) is 2.98. The molecular formula is C21H37F3O3. The lowest BCUT2D eigenvalue weighted by Crippen LogP contribution is -2.51. The van der Waals surface area contributed by atoms with Crippen LogP contribution in [0.4, 0.5) is 13.2 Å². The highest BCUT2D eigenvalue weighted by atomic mass is 19.4. The second-order valence-electron chi connectivity index (χ2n) is 7.37. The van der Waals surface area contributed by atoms with Crippen molar-refractivity contribution >= 4 is 5.97 Å². The number of alkyl halides is 3. The second kappa shape index (κ2) is 14.9. The molecule has 0 amide bonds. The summed E-state index contributed by atoms with van der Waals surface area (Å²) in [6.07, 6.45) is 13.1. The molecule has 3 nitrogen and oxygen atoms in total. The molecular weight excluding hydrogens is 357 g/mol. The number of aliphatic hydroxyl groups is 1. The Labute approximate surface area is 162 Å². The SMILES string of the molecule is CCCCCCCCCCCCCCC/C=C/CC(O)(C(=O)O)C(F)(F)F. The molecule has 6 heteroatoms. The van der Waals surface area contributed by atoms with E-state index in [1.54, 1.807) is 0 Å². The zero-order valence-electron chi connectivity index (χ0n) is 16.7. The molecule has 0 spiro atoms. The van der Waals surface area contributed by atoms with E-state index in [9.17, 15) is 23.1 Å². The van der Waals surface area contributed by atoms with Crippen molar-refractivity contribution in [2.75, 3.05) is 0 Å². The Morgan fingerprint density at radius 3 is 1.56 bits per heavy atom. The third kappa shape index (κ3) is 12.1. The average molecular weight is 395 g/mol. The van der Waals surface area contributed by atoms with Crippen LogP contribution in [-0.4, -0.2) is 28.0 Å². The van der Waals surface area contributed by atoms with Gasteiger partial charge in [0.15, 0.2) is 0 Å².